The topological polar surface area (TPSA) is 29.3 Å². The molecule has 0 radical (unpaired) electrons. The van der Waals surface area contributed by atoms with Crippen LogP contribution in [0.5, 0.6) is 0 Å². The normalized spacial score (nSPS) is 11.5. The van der Waals surface area contributed by atoms with Crippen molar-refractivity contribution in [1.82, 2.24) is 4.90 Å². The summed E-state index contributed by atoms with van der Waals surface area (Å²) in [6.07, 6.45) is 0. The summed E-state index contributed by atoms with van der Waals surface area (Å²) in [6.45, 7) is 7.08. The second kappa shape index (κ2) is 6.94. The zero-order chi connectivity index (χ0) is 12.8. The summed E-state index contributed by atoms with van der Waals surface area (Å²) in [5, 5.41) is 0.180. The second-order valence-corrected chi connectivity index (χ2v) is 5.04. The summed E-state index contributed by atoms with van der Waals surface area (Å²) in [7, 11) is 0. The van der Waals surface area contributed by atoms with Gasteiger partial charge in [0.1, 0.15) is 5.82 Å². The molecule has 2 N–H and O–H groups in total. The minimum absolute atomic E-state index is 0.180. The molecule has 0 atom stereocenters. The Bertz CT molecular complexity index is 355. The monoisotopic (exact) mass is 258 g/mol. The van der Waals surface area contributed by atoms with Crippen LogP contribution in [-0.4, -0.2) is 24.5 Å². The Morgan fingerprint density at radius 3 is 2.71 bits per heavy atom. The largest absolute Gasteiger partial charge is 0.329 e. The first-order chi connectivity index (χ1) is 8.04. The highest BCUT2D eigenvalue weighted by molar-refractivity contribution is 6.30. The zero-order valence-corrected chi connectivity index (χ0v) is 11.2. The Labute approximate surface area is 108 Å². The molecule has 0 bridgehead atoms. The molecule has 0 fully saturated rings. The SMILES string of the molecule is CC(C)CN(CCN)Cc1cccc(Cl)c1F. The number of nitrogens with zero attached hydrogens (tertiary/aromatic N) is 1. The summed E-state index contributed by atoms with van der Waals surface area (Å²) in [4.78, 5) is 2.15. The van der Waals surface area contributed by atoms with Gasteiger partial charge in [0.25, 0.3) is 0 Å². The van der Waals surface area contributed by atoms with E-state index >= 15 is 0 Å². The molecule has 0 saturated heterocycles. The Morgan fingerprint density at radius 1 is 1.41 bits per heavy atom. The number of benzene rings is 1. The molecule has 0 heterocycles. The van der Waals surface area contributed by atoms with E-state index < -0.39 is 0 Å². The molecule has 1 rings (SSSR count). The smallest absolute Gasteiger partial charge is 0.146 e. The van der Waals surface area contributed by atoms with E-state index in [1.807, 2.05) is 0 Å². The van der Waals surface area contributed by atoms with E-state index in [0.717, 1.165) is 13.1 Å². The van der Waals surface area contributed by atoms with E-state index in [4.69, 9.17) is 17.3 Å². The number of hydrogen-bond acceptors (Lipinski definition) is 2. The van der Waals surface area contributed by atoms with Crippen LogP contribution in [0.4, 0.5) is 4.39 Å². The maximum absolute atomic E-state index is 13.7. The molecule has 0 aromatic heterocycles. The summed E-state index contributed by atoms with van der Waals surface area (Å²) in [5.41, 5.74) is 6.20. The van der Waals surface area contributed by atoms with Crippen molar-refractivity contribution >= 4 is 11.6 Å². The van der Waals surface area contributed by atoms with Gasteiger partial charge in [-0.15, -0.1) is 0 Å². The van der Waals surface area contributed by atoms with Gasteiger partial charge in [0.15, 0.2) is 0 Å². The van der Waals surface area contributed by atoms with Crippen LogP contribution in [0.15, 0.2) is 18.2 Å². The van der Waals surface area contributed by atoms with Gasteiger partial charge in [0.2, 0.25) is 0 Å². The van der Waals surface area contributed by atoms with E-state index in [2.05, 4.69) is 18.7 Å². The van der Waals surface area contributed by atoms with Crippen LogP contribution in [0, 0.1) is 11.7 Å². The Balaban J connectivity index is 2.74. The van der Waals surface area contributed by atoms with Crippen molar-refractivity contribution in [2.75, 3.05) is 19.6 Å². The third-order valence-electron chi connectivity index (χ3n) is 2.49. The van der Waals surface area contributed by atoms with E-state index in [1.54, 1.807) is 18.2 Å². The molecule has 0 aliphatic carbocycles. The zero-order valence-electron chi connectivity index (χ0n) is 10.4. The van der Waals surface area contributed by atoms with Gasteiger partial charge < -0.3 is 5.73 Å². The van der Waals surface area contributed by atoms with Crippen molar-refractivity contribution in [1.29, 1.82) is 0 Å². The molecule has 0 amide bonds. The molecule has 2 nitrogen and oxygen atoms in total. The van der Waals surface area contributed by atoms with Gasteiger partial charge in [-0.1, -0.05) is 37.6 Å². The second-order valence-electron chi connectivity index (χ2n) is 4.63. The van der Waals surface area contributed by atoms with Gasteiger partial charge in [-0.25, -0.2) is 4.39 Å². The van der Waals surface area contributed by atoms with Crippen LogP contribution in [-0.2, 0) is 6.54 Å². The van der Waals surface area contributed by atoms with Crippen molar-refractivity contribution in [3.05, 3.63) is 34.6 Å². The average Bonchev–Trinajstić information content (AvgIpc) is 2.24. The first-order valence-corrected chi connectivity index (χ1v) is 6.27. The Hall–Kier alpha value is -0.640. The highest BCUT2D eigenvalue weighted by Crippen LogP contribution is 2.19. The number of rotatable bonds is 6. The van der Waals surface area contributed by atoms with Gasteiger partial charge in [-0.3, -0.25) is 4.90 Å². The number of hydrogen-bond donors (Lipinski definition) is 1. The molecule has 0 aliphatic rings. The van der Waals surface area contributed by atoms with Crippen molar-refractivity contribution in [3.63, 3.8) is 0 Å². The molecular weight excluding hydrogens is 239 g/mol. The molecule has 0 spiro atoms. The lowest BCUT2D eigenvalue weighted by molar-refractivity contribution is 0.239. The fourth-order valence-electron chi connectivity index (χ4n) is 1.85. The average molecular weight is 259 g/mol. The lowest BCUT2D eigenvalue weighted by atomic mass is 10.1. The number of halogens is 2. The molecule has 17 heavy (non-hydrogen) atoms. The minimum Gasteiger partial charge on any atom is -0.329 e. The van der Waals surface area contributed by atoms with E-state index in [0.29, 0.717) is 24.6 Å². The van der Waals surface area contributed by atoms with Gasteiger partial charge in [-0.2, -0.15) is 0 Å². The lowest BCUT2D eigenvalue weighted by Gasteiger charge is -2.24. The van der Waals surface area contributed by atoms with Gasteiger partial charge in [0, 0.05) is 31.7 Å². The maximum atomic E-state index is 13.7. The van der Waals surface area contributed by atoms with E-state index in [-0.39, 0.29) is 10.8 Å². The predicted molar refractivity (Wildman–Crippen MR) is 70.6 cm³/mol. The maximum Gasteiger partial charge on any atom is 0.146 e. The van der Waals surface area contributed by atoms with Gasteiger partial charge in [0.05, 0.1) is 5.02 Å². The van der Waals surface area contributed by atoms with Crippen LogP contribution in [0.1, 0.15) is 19.4 Å². The standard InChI is InChI=1S/C13H20ClFN2/c1-10(2)8-17(7-6-16)9-11-4-3-5-12(14)13(11)15/h3-5,10H,6-9,16H2,1-2H3. The Morgan fingerprint density at radius 2 is 2.12 bits per heavy atom. The highest BCUT2D eigenvalue weighted by Gasteiger charge is 2.12. The van der Waals surface area contributed by atoms with Crippen molar-refractivity contribution in [2.24, 2.45) is 11.7 Å². The van der Waals surface area contributed by atoms with Gasteiger partial charge >= 0.3 is 0 Å². The van der Waals surface area contributed by atoms with Crippen LogP contribution >= 0.6 is 11.6 Å². The molecule has 4 heteroatoms. The van der Waals surface area contributed by atoms with Crippen molar-refractivity contribution in [2.45, 2.75) is 20.4 Å². The van der Waals surface area contributed by atoms with Crippen LogP contribution in [0.25, 0.3) is 0 Å². The summed E-state index contributed by atoms with van der Waals surface area (Å²) < 4.78 is 13.7. The summed E-state index contributed by atoms with van der Waals surface area (Å²) in [5.74, 6) is 0.212. The number of nitrogens with two attached hydrogens (primary N) is 1. The third-order valence-corrected chi connectivity index (χ3v) is 2.79. The van der Waals surface area contributed by atoms with E-state index in [1.165, 1.54) is 0 Å². The van der Waals surface area contributed by atoms with Crippen molar-refractivity contribution < 1.29 is 4.39 Å². The summed E-state index contributed by atoms with van der Waals surface area (Å²) in [6, 6.07) is 5.11. The predicted octanol–water partition coefficient (Wildman–Crippen LogP) is 2.90. The molecule has 96 valence electrons. The molecule has 0 aliphatic heterocycles. The van der Waals surface area contributed by atoms with Gasteiger partial charge in [-0.05, 0) is 12.0 Å². The molecular formula is C13H20ClFN2. The first kappa shape index (κ1) is 14.4. The molecule has 0 unspecified atom stereocenters. The molecule has 1 aromatic carbocycles. The third kappa shape index (κ3) is 4.62. The van der Waals surface area contributed by atoms with Crippen LogP contribution in [0.3, 0.4) is 0 Å². The van der Waals surface area contributed by atoms with Crippen LogP contribution in [0.2, 0.25) is 5.02 Å². The highest BCUT2D eigenvalue weighted by atomic mass is 35.5. The lowest BCUT2D eigenvalue weighted by Crippen LogP contribution is -2.32. The van der Waals surface area contributed by atoms with E-state index in [9.17, 15) is 4.39 Å². The first-order valence-electron chi connectivity index (χ1n) is 5.90. The fraction of sp³-hybridized carbons (Fsp3) is 0.538. The molecule has 1 aromatic rings. The Kier molecular flexibility index (Phi) is 5.89. The fourth-order valence-corrected chi connectivity index (χ4v) is 2.04. The minimum atomic E-state index is -0.319. The van der Waals surface area contributed by atoms with Crippen LogP contribution < -0.4 is 5.73 Å². The molecule has 0 saturated carbocycles. The van der Waals surface area contributed by atoms with Crippen molar-refractivity contribution in [3.8, 4) is 0 Å². The quantitative estimate of drug-likeness (QED) is 0.850. The summed E-state index contributed by atoms with van der Waals surface area (Å²) >= 11 is 5.76.